The summed E-state index contributed by atoms with van der Waals surface area (Å²) >= 11 is 1.86. The van der Waals surface area contributed by atoms with Crippen LogP contribution in [0.25, 0.3) is 91.8 Å². The van der Waals surface area contributed by atoms with E-state index < -0.39 is 0 Å². The lowest BCUT2D eigenvalue weighted by atomic mass is 9.96. The lowest BCUT2D eigenvalue weighted by molar-refractivity contribution is 1.17. The molecule has 0 atom stereocenters. The van der Waals surface area contributed by atoms with E-state index in [0.717, 1.165) is 22.7 Å². The fraction of sp³-hybridized carbons (Fsp3) is 0. The van der Waals surface area contributed by atoms with E-state index in [1.807, 2.05) is 11.3 Å². The third kappa shape index (κ3) is 6.09. The van der Waals surface area contributed by atoms with E-state index in [-0.39, 0.29) is 0 Å². The van der Waals surface area contributed by atoms with Crippen LogP contribution in [-0.4, -0.2) is 4.57 Å². The second-order valence-corrected chi connectivity index (χ2v) is 16.8. The molecule has 12 rings (SSSR count). The minimum absolute atomic E-state index is 1.09. The Balaban J connectivity index is 0.910. The Bertz CT molecular complexity index is 3500. The van der Waals surface area contributed by atoms with Gasteiger partial charge in [-0.3, -0.25) is 0 Å². The summed E-state index contributed by atoms with van der Waals surface area (Å²) in [7, 11) is 0. The van der Waals surface area contributed by atoms with E-state index in [0.29, 0.717) is 0 Å². The highest BCUT2D eigenvalue weighted by Gasteiger charge is 2.16. The van der Waals surface area contributed by atoms with E-state index in [1.165, 1.54) is 86.1 Å². The summed E-state index contributed by atoms with van der Waals surface area (Å²) in [5.74, 6) is 0. The molecule has 0 radical (unpaired) electrons. The maximum atomic E-state index is 2.38. The molecule has 0 aliphatic heterocycles. The van der Waals surface area contributed by atoms with Gasteiger partial charge in [-0.1, -0.05) is 158 Å². The highest BCUT2D eigenvalue weighted by molar-refractivity contribution is 7.25. The summed E-state index contributed by atoms with van der Waals surface area (Å²) in [5.41, 5.74) is 14.1. The summed E-state index contributed by atoms with van der Waals surface area (Å²) < 4.78 is 5.02. The average molecular weight is 795 g/mol. The quantitative estimate of drug-likeness (QED) is 0.156. The number of anilines is 3. The maximum absolute atomic E-state index is 2.38. The monoisotopic (exact) mass is 794 g/mol. The minimum atomic E-state index is 1.09. The van der Waals surface area contributed by atoms with Gasteiger partial charge in [-0.15, -0.1) is 11.3 Å². The third-order valence-electron chi connectivity index (χ3n) is 12.2. The maximum Gasteiger partial charge on any atom is 0.0541 e. The zero-order valence-corrected chi connectivity index (χ0v) is 34.1. The van der Waals surface area contributed by atoms with Crippen LogP contribution < -0.4 is 4.90 Å². The number of thiophene rings is 1. The van der Waals surface area contributed by atoms with Crippen LogP contribution in [0.1, 0.15) is 0 Å². The van der Waals surface area contributed by atoms with Gasteiger partial charge in [0.2, 0.25) is 0 Å². The number of hydrogen-bond acceptors (Lipinski definition) is 2. The van der Waals surface area contributed by atoms with Crippen LogP contribution in [0.2, 0.25) is 0 Å². The molecule has 12 aromatic rings. The van der Waals surface area contributed by atoms with Crippen LogP contribution in [-0.2, 0) is 0 Å². The van der Waals surface area contributed by atoms with Crippen molar-refractivity contribution in [3.8, 4) is 39.1 Å². The summed E-state index contributed by atoms with van der Waals surface area (Å²) in [5, 5.41) is 7.70. The minimum Gasteiger partial charge on any atom is -0.311 e. The molecule has 61 heavy (non-hydrogen) atoms. The predicted molar refractivity (Wildman–Crippen MR) is 262 cm³/mol. The topological polar surface area (TPSA) is 8.17 Å². The van der Waals surface area contributed by atoms with E-state index in [1.54, 1.807) is 0 Å². The smallest absolute Gasteiger partial charge is 0.0541 e. The number of rotatable bonds is 7. The van der Waals surface area contributed by atoms with Gasteiger partial charge in [0.05, 0.1) is 11.0 Å². The zero-order chi connectivity index (χ0) is 40.3. The molecule has 2 heterocycles. The van der Waals surface area contributed by atoms with Crippen molar-refractivity contribution in [3.05, 3.63) is 231 Å². The molecule has 286 valence electrons. The molecule has 0 amide bonds. The number of para-hydroxylation sites is 2. The van der Waals surface area contributed by atoms with E-state index >= 15 is 0 Å². The third-order valence-corrected chi connectivity index (χ3v) is 13.4. The largest absolute Gasteiger partial charge is 0.311 e. The molecular formula is C58H38N2S. The molecule has 10 aromatic carbocycles. The van der Waals surface area contributed by atoms with Crippen LogP contribution in [0, 0.1) is 0 Å². The van der Waals surface area contributed by atoms with Gasteiger partial charge in [0.1, 0.15) is 0 Å². The molecule has 3 heteroatoms. The van der Waals surface area contributed by atoms with Crippen molar-refractivity contribution in [2.75, 3.05) is 4.90 Å². The van der Waals surface area contributed by atoms with Crippen LogP contribution in [0.3, 0.4) is 0 Å². The second-order valence-electron chi connectivity index (χ2n) is 15.7. The first kappa shape index (κ1) is 35.2. The standard InChI is InChI=1S/C58H38N2S/c1-2-12-49-42(10-1)11-9-16-50(49)43-22-20-39(21-23-43)40-24-29-45(30-25-40)59(46-31-26-41(27-32-46)44-28-37-54-53-15-5-8-19-57(53)61-58(54)38-44)47-33-35-48(36-34-47)60-55-17-6-3-13-51(55)52-14-4-7-18-56(52)60/h1-38H. The van der Waals surface area contributed by atoms with Crippen molar-refractivity contribution in [1.82, 2.24) is 4.57 Å². The van der Waals surface area contributed by atoms with Gasteiger partial charge >= 0.3 is 0 Å². The number of nitrogens with zero attached hydrogens (tertiary/aromatic N) is 2. The van der Waals surface area contributed by atoms with E-state index in [2.05, 4.69) is 240 Å². The average Bonchev–Trinajstić information content (AvgIpc) is 3.88. The van der Waals surface area contributed by atoms with Crippen LogP contribution in [0.4, 0.5) is 17.1 Å². The highest BCUT2D eigenvalue weighted by atomic mass is 32.1. The first-order chi connectivity index (χ1) is 30.2. The van der Waals surface area contributed by atoms with Crippen molar-refractivity contribution in [3.63, 3.8) is 0 Å². The van der Waals surface area contributed by atoms with Crippen molar-refractivity contribution < 1.29 is 0 Å². The van der Waals surface area contributed by atoms with Crippen LogP contribution in [0.15, 0.2) is 231 Å². The Morgan fingerprint density at radius 3 is 1.43 bits per heavy atom. The van der Waals surface area contributed by atoms with Crippen molar-refractivity contribution in [2.24, 2.45) is 0 Å². The van der Waals surface area contributed by atoms with Crippen molar-refractivity contribution >= 4 is 81.1 Å². The van der Waals surface area contributed by atoms with Gasteiger partial charge in [0.25, 0.3) is 0 Å². The number of hydrogen-bond donors (Lipinski definition) is 0. The van der Waals surface area contributed by atoms with Crippen molar-refractivity contribution in [1.29, 1.82) is 0 Å². The summed E-state index contributed by atoms with van der Waals surface area (Å²) in [4.78, 5) is 2.36. The van der Waals surface area contributed by atoms with Crippen LogP contribution >= 0.6 is 11.3 Å². The van der Waals surface area contributed by atoms with E-state index in [9.17, 15) is 0 Å². The predicted octanol–water partition coefficient (Wildman–Crippen LogP) is 16.8. The second kappa shape index (κ2) is 14.5. The molecule has 0 spiro atoms. The Morgan fingerprint density at radius 1 is 0.311 bits per heavy atom. The molecule has 2 nitrogen and oxygen atoms in total. The van der Waals surface area contributed by atoms with Gasteiger partial charge in [0.15, 0.2) is 0 Å². The Morgan fingerprint density at radius 2 is 0.770 bits per heavy atom. The van der Waals surface area contributed by atoms with Crippen LogP contribution in [0.5, 0.6) is 0 Å². The zero-order valence-electron chi connectivity index (χ0n) is 33.2. The molecule has 0 aliphatic carbocycles. The lowest BCUT2D eigenvalue weighted by Gasteiger charge is -2.26. The van der Waals surface area contributed by atoms with Gasteiger partial charge in [-0.2, -0.15) is 0 Å². The highest BCUT2D eigenvalue weighted by Crippen LogP contribution is 2.41. The van der Waals surface area contributed by atoms with Gasteiger partial charge in [-0.25, -0.2) is 0 Å². The Hall–Kier alpha value is -7.72. The molecule has 0 unspecified atom stereocenters. The molecule has 0 aliphatic rings. The lowest BCUT2D eigenvalue weighted by Crippen LogP contribution is -2.10. The molecule has 0 fully saturated rings. The number of benzene rings is 10. The van der Waals surface area contributed by atoms with Gasteiger partial charge < -0.3 is 9.47 Å². The summed E-state index contributed by atoms with van der Waals surface area (Å²) in [6.07, 6.45) is 0. The van der Waals surface area contributed by atoms with E-state index in [4.69, 9.17) is 0 Å². The van der Waals surface area contributed by atoms with Gasteiger partial charge in [0, 0.05) is 53.7 Å². The molecular weight excluding hydrogens is 757 g/mol. The molecule has 0 bridgehead atoms. The Kier molecular flexibility index (Phi) is 8.39. The summed E-state index contributed by atoms with van der Waals surface area (Å²) in [6, 6.07) is 84.1. The van der Waals surface area contributed by atoms with Crippen molar-refractivity contribution in [2.45, 2.75) is 0 Å². The molecule has 0 N–H and O–H groups in total. The normalized spacial score (nSPS) is 11.6. The first-order valence-corrected chi connectivity index (χ1v) is 21.6. The fourth-order valence-corrected chi connectivity index (χ4v) is 10.4. The summed E-state index contributed by atoms with van der Waals surface area (Å²) in [6.45, 7) is 0. The first-order valence-electron chi connectivity index (χ1n) is 20.8. The molecule has 0 saturated heterocycles. The SMILES string of the molecule is c1ccc2c(-c3ccc(-c4ccc(N(c5ccc(-c6ccc7c(c6)sc6ccccc67)cc5)c5ccc(-n6c7ccccc7c7ccccc76)cc5)cc4)cc3)cccc2c1. The van der Waals surface area contributed by atoms with Gasteiger partial charge in [-0.05, 0) is 117 Å². The molecule has 0 saturated carbocycles. The fourth-order valence-electron chi connectivity index (χ4n) is 9.23. The Labute approximate surface area is 358 Å². The molecule has 2 aromatic heterocycles. The number of fused-ring (bicyclic) bond motifs is 7. The number of aromatic nitrogens is 1.